The van der Waals surface area contributed by atoms with Crippen LogP contribution >= 0.6 is 15.9 Å². The van der Waals surface area contributed by atoms with Gasteiger partial charge in [-0.25, -0.2) is 4.98 Å². The monoisotopic (exact) mass is 324 g/mol. The molecule has 0 fully saturated rings. The second-order valence-electron chi connectivity index (χ2n) is 4.12. The van der Waals surface area contributed by atoms with Gasteiger partial charge in [0, 0.05) is 26.0 Å². The Morgan fingerprint density at radius 1 is 1.37 bits per heavy atom. The van der Waals surface area contributed by atoms with Crippen molar-refractivity contribution >= 4 is 27.7 Å². The molecular weight excluding hydrogens is 308 g/mol. The predicted octanol–water partition coefficient (Wildman–Crippen LogP) is 2.41. The molecule has 0 atom stereocenters. The Morgan fingerprint density at radius 3 is 2.89 bits per heavy atom. The maximum absolute atomic E-state index is 4.43. The predicted molar refractivity (Wildman–Crippen MR) is 79.0 cm³/mol. The van der Waals surface area contributed by atoms with Gasteiger partial charge in [-0.05, 0) is 28.4 Å². The van der Waals surface area contributed by atoms with Crippen molar-refractivity contribution in [1.29, 1.82) is 0 Å². The van der Waals surface area contributed by atoms with Gasteiger partial charge in [0.2, 0.25) is 5.95 Å². The molecule has 0 aliphatic carbocycles. The molecule has 0 aliphatic rings. The summed E-state index contributed by atoms with van der Waals surface area (Å²) in [6.45, 7) is 3.63. The molecule has 0 saturated heterocycles. The van der Waals surface area contributed by atoms with Gasteiger partial charge in [0.05, 0.1) is 16.7 Å². The first kappa shape index (κ1) is 13.8. The van der Waals surface area contributed by atoms with Crippen molar-refractivity contribution in [2.24, 2.45) is 7.05 Å². The van der Waals surface area contributed by atoms with Gasteiger partial charge in [-0.3, -0.25) is 4.68 Å². The lowest BCUT2D eigenvalue weighted by Gasteiger charge is -2.10. The van der Waals surface area contributed by atoms with Crippen LogP contribution in [0.4, 0.5) is 11.8 Å². The van der Waals surface area contributed by atoms with Crippen LogP contribution < -0.4 is 10.6 Å². The van der Waals surface area contributed by atoms with Crippen molar-refractivity contribution in [3.8, 4) is 0 Å². The van der Waals surface area contributed by atoms with E-state index in [2.05, 4.69) is 48.6 Å². The summed E-state index contributed by atoms with van der Waals surface area (Å²) in [5, 5.41) is 10.6. The molecule has 7 heteroatoms. The third-order valence-electron chi connectivity index (χ3n) is 2.64. The highest BCUT2D eigenvalue weighted by atomic mass is 79.9. The van der Waals surface area contributed by atoms with Crippen LogP contribution in [0.15, 0.2) is 22.9 Å². The zero-order valence-electron chi connectivity index (χ0n) is 11.0. The van der Waals surface area contributed by atoms with E-state index in [0.717, 1.165) is 29.0 Å². The second-order valence-corrected chi connectivity index (χ2v) is 4.97. The molecule has 0 unspecified atom stereocenters. The van der Waals surface area contributed by atoms with Crippen LogP contribution in [0.25, 0.3) is 0 Å². The highest BCUT2D eigenvalue weighted by Gasteiger charge is 2.05. The third kappa shape index (κ3) is 3.66. The number of nitrogens with one attached hydrogen (secondary N) is 2. The first-order chi connectivity index (χ1) is 9.20. The Balaban J connectivity index is 2.04. The summed E-state index contributed by atoms with van der Waals surface area (Å²) in [7, 11) is 1.92. The molecule has 2 N–H and O–H groups in total. The Kier molecular flexibility index (Phi) is 4.73. The lowest BCUT2D eigenvalue weighted by Crippen LogP contribution is -2.09. The van der Waals surface area contributed by atoms with Crippen molar-refractivity contribution in [3.05, 3.63) is 28.6 Å². The van der Waals surface area contributed by atoms with E-state index in [1.54, 1.807) is 12.4 Å². The minimum atomic E-state index is 0.637. The van der Waals surface area contributed by atoms with Crippen molar-refractivity contribution in [3.63, 3.8) is 0 Å². The molecule has 0 saturated carbocycles. The maximum atomic E-state index is 4.43. The lowest BCUT2D eigenvalue weighted by atomic mass is 10.4. The fourth-order valence-electron chi connectivity index (χ4n) is 1.56. The largest absolute Gasteiger partial charge is 0.363 e. The molecule has 0 spiro atoms. The standard InChI is InChI=1S/C12H17BrN6/c1-3-5-14-12-16-8-10(13)11(18-12)15-7-9-4-6-17-19(9)2/h4,6,8H,3,5,7H2,1-2H3,(H2,14,15,16,18). The molecule has 102 valence electrons. The quantitative estimate of drug-likeness (QED) is 0.854. The summed E-state index contributed by atoms with van der Waals surface area (Å²) < 4.78 is 2.68. The van der Waals surface area contributed by atoms with Crippen molar-refractivity contribution in [2.75, 3.05) is 17.2 Å². The van der Waals surface area contributed by atoms with E-state index < -0.39 is 0 Å². The number of hydrogen-bond acceptors (Lipinski definition) is 5. The minimum Gasteiger partial charge on any atom is -0.363 e. The summed E-state index contributed by atoms with van der Waals surface area (Å²) in [6.07, 6.45) is 4.56. The van der Waals surface area contributed by atoms with E-state index in [9.17, 15) is 0 Å². The average Bonchev–Trinajstić information content (AvgIpc) is 2.82. The zero-order chi connectivity index (χ0) is 13.7. The molecule has 2 aromatic rings. The molecule has 0 amide bonds. The van der Waals surface area contributed by atoms with Gasteiger partial charge in [-0.2, -0.15) is 10.1 Å². The molecular formula is C12H17BrN6. The fourth-order valence-corrected chi connectivity index (χ4v) is 1.89. The van der Waals surface area contributed by atoms with E-state index in [0.29, 0.717) is 12.5 Å². The minimum absolute atomic E-state index is 0.637. The SMILES string of the molecule is CCCNc1ncc(Br)c(NCc2ccnn2C)n1. The van der Waals surface area contributed by atoms with E-state index in [-0.39, 0.29) is 0 Å². The molecule has 0 aromatic carbocycles. The maximum Gasteiger partial charge on any atom is 0.224 e. The van der Waals surface area contributed by atoms with E-state index in [4.69, 9.17) is 0 Å². The van der Waals surface area contributed by atoms with E-state index >= 15 is 0 Å². The number of rotatable bonds is 6. The van der Waals surface area contributed by atoms with Crippen LogP contribution in [0.5, 0.6) is 0 Å². The number of aryl methyl sites for hydroxylation is 1. The number of nitrogens with zero attached hydrogens (tertiary/aromatic N) is 4. The number of halogens is 1. The molecule has 2 heterocycles. The molecule has 2 aromatic heterocycles. The Hall–Kier alpha value is -1.63. The smallest absolute Gasteiger partial charge is 0.224 e. The van der Waals surface area contributed by atoms with Crippen molar-refractivity contribution < 1.29 is 0 Å². The summed E-state index contributed by atoms with van der Waals surface area (Å²) in [6, 6.07) is 1.97. The molecule has 0 bridgehead atoms. The molecule has 0 aliphatic heterocycles. The van der Waals surface area contributed by atoms with Crippen LogP contribution in [0.3, 0.4) is 0 Å². The third-order valence-corrected chi connectivity index (χ3v) is 3.22. The van der Waals surface area contributed by atoms with Gasteiger partial charge < -0.3 is 10.6 Å². The highest BCUT2D eigenvalue weighted by molar-refractivity contribution is 9.10. The second kappa shape index (κ2) is 6.51. The van der Waals surface area contributed by atoms with Gasteiger partial charge in [0.25, 0.3) is 0 Å². The first-order valence-electron chi connectivity index (χ1n) is 6.18. The highest BCUT2D eigenvalue weighted by Crippen LogP contribution is 2.20. The summed E-state index contributed by atoms with van der Waals surface area (Å²) in [4.78, 5) is 8.64. The van der Waals surface area contributed by atoms with E-state index in [1.165, 1.54) is 0 Å². The van der Waals surface area contributed by atoms with Crippen LogP contribution in [0.2, 0.25) is 0 Å². The average molecular weight is 325 g/mol. The summed E-state index contributed by atoms with van der Waals surface area (Å²) in [5.41, 5.74) is 1.09. The normalized spacial score (nSPS) is 10.5. The summed E-state index contributed by atoms with van der Waals surface area (Å²) in [5.74, 6) is 1.41. The molecule has 6 nitrogen and oxygen atoms in total. The van der Waals surface area contributed by atoms with Gasteiger partial charge in [0.15, 0.2) is 0 Å². The van der Waals surface area contributed by atoms with Crippen molar-refractivity contribution in [1.82, 2.24) is 19.7 Å². The van der Waals surface area contributed by atoms with Crippen molar-refractivity contribution in [2.45, 2.75) is 19.9 Å². The topological polar surface area (TPSA) is 67.7 Å². The molecule has 19 heavy (non-hydrogen) atoms. The lowest BCUT2D eigenvalue weighted by molar-refractivity contribution is 0.719. The van der Waals surface area contributed by atoms with Gasteiger partial charge in [0.1, 0.15) is 5.82 Å². The molecule has 0 radical (unpaired) electrons. The van der Waals surface area contributed by atoms with Gasteiger partial charge in [-0.1, -0.05) is 6.92 Å². The number of hydrogen-bond donors (Lipinski definition) is 2. The zero-order valence-corrected chi connectivity index (χ0v) is 12.6. The summed E-state index contributed by atoms with van der Waals surface area (Å²) >= 11 is 3.44. The van der Waals surface area contributed by atoms with Crippen LogP contribution in [-0.2, 0) is 13.6 Å². The van der Waals surface area contributed by atoms with Crippen LogP contribution in [0, 0.1) is 0 Å². The fraction of sp³-hybridized carbons (Fsp3) is 0.417. The number of aromatic nitrogens is 4. The first-order valence-corrected chi connectivity index (χ1v) is 6.97. The van der Waals surface area contributed by atoms with Gasteiger partial charge >= 0.3 is 0 Å². The Morgan fingerprint density at radius 2 is 2.21 bits per heavy atom. The van der Waals surface area contributed by atoms with Gasteiger partial charge in [-0.15, -0.1) is 0 Å². The molecule has 2 rings (SSSR count). The Labute approximate surface area is 120 Å². The van der Waals surface area contributed by atoms with Crippen LogP contribution in [-0.4, -0.2) is 26.3 Å². The van der Waals surface area contributed by atoms with Crippen LogP contribution in [0.1, 0.15) is 19.0 Å². The Bertz CT molecular complexity index is 539. The van der Waals surface area contributed by atoms with E-state index in [1.807, 2.05) is 17.8 Å². The number of anilines is 2.